The highest BCUT2D eigenvalue weighted by atomic mass is 79.9. The standard InChI is InChI=1S/C15H16BrN5O2/c1-2-21-13(12(16)8-19-21)9-17-15(22)14-5-4-11(23-14)10-20-7-3-6-18-20/h3-8H,2,9-10H2,1H3,(H,17,22). The molecule has 120 valence electrons. The van der Waals surface area contributed by atoms with Gasteiger partial charge in [0.15, 0.2) is 5.76 Å². The first-order chi connectivity index (χ1) is 11.2. The molecule has 3 rings (SSSR count). The fourth-order valence-corrected chi connectivity index (χ4v) is 2.66. The molecule has 0 aliphatic carbocycles. The zero-order chi connectivity index (χ0) is 16.2. The minimum absolute atomic E-state index is 0.257. The minimum Gasteiger partial charge on any atom is -0.454 e. The van der Waals surface area contributed by atoms with Crippen molar-refractivity contribution >= 4 is 21.8 Å². The van der Waals surface area contributed by atoms with Crippen molar-refractivity contribution in [2.45, 2.75) is 26.6 Å². The van der Waals surface area contributed by atoms with Crippen molar-refractivity contribution < 1.29 is 9.21 Å². The summed E-state index contributed by atoms with van der Waals surface area (Å²) < 4.78 is 10.0. The molecule has 3 heterocycles. The molecule has 3 aromatic heterocycles. The predicted molar refractivity (Wildman–Crippen MR) is 86.8 cm³/mol. The maximum atomic E-state index is 12.2. The molecule has 8 heteroatoms. The largest absolute Gasteiger partial charge is 0.454 e. The molecule has 0 spiro atoms. The molecule has 7 nitrogen and oxygen atoms in total. The van der Waals surface area contributed by atoms with Crippen molar-refractivity contribution in [1.29, 1.82) is 0 Å². The van der Waals surface area contributed by atoms with Gasteiger partial charge >= 0.3 is 0 Å². The molecule has 0 bridgehead atoms. The van der Waals surface area contributed by atoms with Crippen molar-refractivity contribution in [3.8, 4) is 0 Å². The van der Waals surface area contributed by atoms with E-state index in [9.17, 15) is 4.79 Å². The normalized spacial score (nSPS) is 10.9. The Morgan fingerprint density at radius 2 is 2.26 bits per heavy atom. The third-order valence-corrected chi connectivity index (χ3v) is 4.04. The molecule has 23 heavy (non-hydrogen) atoms. The van der Waals surface area contributed by atoms with E-state index in [2.05, 4.69) is 31.4 Å². The lowest BCUT2D eigenvalue weighted by molar-refractivity contribution is 0.0920. The SMILES string of the molecule is CCn1ncc(Br)c1CNC(=O)c1ccc(Cn2cccn2)o1. The first-order valence-electron chi connectivity index (χ1n) is 7.22. The van der Waals surface area contributed by atoms with Crippen molar-refractivity contribution in [1.82, 2.24) is 24.9 Å². The number of nitrogens with zero attached hydrogens (tertiary/aromatic N) is 4. The van der Waals surface area contributed by atoms with Gasteiger partial charge in [-0.15, -0.1) is 0 Å². The van der Waals surface area contributed by atoms with Crippen LogP contribution in [-0.4, -0.2) is 25.5 Å². The number of amides is 1. The van der Waals surface area contributed by atoms with Gasteiger partial charge in [0.2, 0.25) is 0 Å². The highest BCUT2D eigenvalue weighted by Gasteiger charge is 2.14. The summed E-state index contributed by atoms with van der Waals surface area (Å²) in [6.07, 6.45) is 5.26. The molecule has 0 aliphatic rings. The van der Waals surface area contributed by atoms with Crippen molar-refractivity contribution in [2.75, 3.05) is 0 Å². The maximum absolute atomic E-state index is 12.2. The molecule has 0 aromatic carbocycles. The first kappa shape index (κ1) is 15.5. The zero-order valence-electron chi connectivity index (χ0n) is 12.6. The molecule has 0 fully saturated rings. The Bertz CT molecular complexity index is 791. The average molecular weight is 378 g/mol. The topological polar surface area (TPSA) is 77.9 Å². The lowest BCUT2D eigenvalue weighted by Crippen LogP contribution is -2.24. The summed E-state index contributed by atoms with van der Waals surface area (Å²) in [6, 6.07) is 5.29. The van der Waals surface area contributed by atoms with Gasteiger partial charge < -0.3 is 9.73 Å². The lowest BCUT2D eigenvalue weighted by atomic mass is 10.3. The number of nitrogens with one attached hydrogen (secondary N) is 1. The van der Waals surface area contributed by atoms with E-state index < -0.39 is 0 Å². The number of hydrogen-bond acceptors (Lipinski definition) is 4. The second-order valence-electron chi connectivity index (χ2n) is 4.91. The Kier molecular flexibility index (Phi) is 4.61. The summed E-state index contributed by atoms with van der Waals surface area (Å²) in [5, 5.41) is 11.2. The van der Waals surface area contributed by atoms with Crippen LogP contribution < -0.4 is 5.32 Å². The van der Waals surface area contributed by atoms with Gasteiger partial charge in [-0.2, -0.15) is 10.2 Å². The van der Waals surface area contributed by atoms with E-state index in [1.54, 1.807) is 29.2 Å². The number of carbonyl (C=O) groups excluding carboxylic acids is 1. The van der Waals surface area contributed by atoms with Crippen LogP contribution in [0.15, 0.2) is 45.7 Å². The summed E-state index contributed by atoms with van der Waals surface area (Å²) >= 11 is 3.43. The second-order valence-corrected chi connectivity index (χ2v) is 5.76. The summed E-state index contributed by atoms with van der Waals surface area (Å²) in [5.74, 6) is 0.706. The maximum Gasteiger partial charge on any atom is 0.287 e. The van der Waals surface area contributed by atoms with E-state index in [1.165, 1.54) is 0 Å². The van der Waals surface area contributed by atoms with Crippen LogP contribution in [0.5, 0.6) is 0 Å². The molecule has 0 radical (unpaired) electrons. The molecular formula is C15H16BrN5O2. The number of furan rings is 1. The van der Waals surface area contributed by atoms with Crippen molar-refractivity contribution in [2.24, 2.45) is 0 Å². The van der Waals surface area contributed by atoms with Gasteiger partial charge in [0, 0.05) is 18.9 Å². The monoisotopic (exact) mass is 377 g/mol. The molecule has 1 amide bonds. The fraction of sp³-hybridized carbons (Fsp3) is 0.267. The molecule has 1 N–H and O–H groups in total. The molecule has 0 aliphatic heterocycles. The summed E-state index contributed by atoms with van der Waals surface area (Å²) in [6.45, 7) is 3.61. The van der Waals surface area contributed by atoms with Gasteiger partial charge in [0.1, 0.15) is 5.76 Å². The Morgan fingerprint density at radius 3 is 3.00 bits per heavy atom. The van der Waals surface area contributed by atoms with Gasteiger partial charge in [-0.3, -0.25) is 14.2 Å². The van der Waals surface area contributed by atoms with Crippen LogP contribution in [-0.2, 0) is 19.6 Å². The van der Waals surface area contributed by atoms with Gasteiger partial charge in [0.05, 0.1) is 29.5 Å². The first-order valence-corrected chi connectivity index (χ1v) is 8.01. The van der Waals surface area contributed by atoms with E-state index in [4.69, 9.17) is 4.42 Å². The van der Waals surface area contributed by atoms with E-state index in [0.717, 1.165) is 16.7 Å². The second kappa shape index (κ2) is 6.82. The van der Waals surface area contributed by atoms with Crippen molar-refractivity contribution in [3.63, 3.8) is 0 Å². The van der Waals surface area contributed by atoms with Crippen LogP contribution in [0.25, 0.3) is 0 Å². The average Bonchev–Trinajstić information content (AvgIpc) is 3.27. The van der Waals surface area contributed by atoms with E-state index in [1.807, 2.05) is 23.9 Å². The van der Waals surface area contributed by atoms with Gasteiger partial charge in [-0.1, -0.05) is 0 Å². The Hall–Kier alpha value is -2.35. The number of rotatable bonds is 6. The van der Waals surface area contributed by atoms with Crippen LogP contribution in [0.4, 0.5) is 0 Å². The Balaban J connectivity index is 1.62. The predicted octanol–water partition coefficient (Wildman–Crippen LogP) is 2.43. The third-order valence-electron chi connectivity index (χ3n) is 3.38. The van der Waals surface area contributed by atoms with Crippen LogP contribution in [0.1, 0.15) is 28.9 Å². The molecule has 0 unspecified atom stereocenters. The Morgan fingerprint density at radius 1 is 1.39 bits per heavy atom. The summed E-state index contributed by atoms with van der Waals surface area (Å²) in [7, 11) is 0. The van der Waals surface area contributed by atoms with Crippen LogP contribution >= 0.6 is 15.9 Å². The molecule has 0 saturated carbocycles. The van der Waals surface area contributed by atoms with Gasteiger partial charge in [-0.05, 0) is 41.1 Å². The number of aryl methyl sites for hydroxylation is 1. The molecule has 0 saturated heterocycles. The number of aromatic nitrogens is 4. The van der Waals surface area contributed by atoms with E-state index in [-0.39, 0.29) is 11.7 Å². The summed E-state index contributed by atoms with van der Waals surface area (Å²) in [4.78, 5) is 12.2. The van der Waals surface area contributed by atoms with Gasteiger partial charge in [-0.25, -0.2) is 0 Å². The van der Waals surface area contributed by atoms with E-state index in [0.29, 0.717) is 18.8 Å². The highest BCUT2D eigenvalue weighted by molar-refractivity contribution is 9.10. The number of hydrogen-bond donors (Lipinski definition) is 1. The fourth-order valence-electron chi connectivity index (χ4n) is 2.23. The summed E-state index contributed by atoms with van der Waals surface area (Å²) in [5.41, 5.74) is 0.921. The molecular weight excluding hydrogens is 362 g/mol. The number of carbonyl (C=O) groups is 1. The van der Waals surface area contributed by atoms with Gasteiger partial charge in [0.25, 0.3) is 5.91 Å². The lowest BCUT2D eigenvalue weighted by Gasteiger charge is -2.06. The highest BCUT2D eigenvalue weighted by Crippen LogP contribution is 2.16. The van der Waals surface area contributed by atoms with E-state index >= 15 is 0 Å². The molecule has 3 aromatic rings. The van der Waals surface area contributed by atoms with Crippen molar-refractivity contribution in [3.05, 3.63) is 58.5 Å². The van der Waals surface area contributed by atoms with Crippen LogP contribution in [0, 0.1) is 0 Å². The number of halogens is 1. The third kappa shape index (κ3) is 3.53. The minimum atomic E-state index is -0.257. The quantitative estimate of drug-likeness (QED) is 0.715. The Labute approximate surface area is 141 Å². The van der Waals surface area contributed by atoms with Crippen LogP contribution in [0.3, 0.4) is 0 Å². The van der Waals surface area contributed by atoms with Crippen LogP contribution in [0.2, 0.25) is 0 Å². The molecule has 0 atom stereocenters. The smallest absolute Gasteiger partial charge is 0.287 e. The zero-order valence-corrected chi connectivity index (χ0v) is 14.2.